The molecule has 0 fully saturated rings. The zero-order valence-corrected chi connectivity index (χ0v) is 12.5. The standard InChI is InChI=1S/C13H14ClFN2OS/c1-13(2,3)12(18)17-6-8-4-5-9(14)11(10(8)15)19-7-16/h4-5H,6H2,1-3H3,(H,17,18). The van der Waals surface area contributed by atoms with Crippen LogP contribution in [0.1, 0.15) is 26.3 Å². The molecule has 0 aliphatic heterocycles. The number of hydrogen-bond donors (Lipinski definition) is 1. The fraction of sp³-hybridized carbons (Fsp3) is 0.385. The van der Waals surface area contributed by atoms with Crippen molar-refractivity contribution in [2.24, 2.45) is 5.41 Å². The summed E-state index contributed by atoms with van der Waals surface area (Å²) in [5.41, 5.74) is -0.229. The Morgan fingerprint density at radius 2 is 2.16 bits per heavy atom. The normalized spacial score (nSPS) is 10.9. The Kier molecular flexibility index (Phi) is 5.21. The van der Waals surface area contributed by atoms with E-state index in [-0.39, 0.29) is 22.4 Å². The van der Waals surface area contributed by atoms with E-state index in [4.69, 9.17) is 16.9 Å². The molecule has 0 spiro atoms. The number of thiocyanates is 1. The second-order valence-corrected chi connectivity index (χ2v) is 6.18. The van der Waals surface area contributed by atoms with Gasteiger partial charge < -0.3 is 5.32 Å². The van der Waals surface area contributed by atoms with Gasteiger partial charge in [0.25, 0.3) is 0 Å². The maximum absolute atomic E-state index is 14.1. The van der Waals surface area contributed by atoms with E-state index in [9.17, 15) is 9.18 Å². The number of thioether (sulfide) groups is 1. The molecule has 1 N–H and O–H groups in total. The highest BCUT2D eigenvalue weighted by atomic mass is 35.5. The minimum absolute atomic E-state index is 0.0676. The second kappa shape index (κ2) is 6.27. The molecule has 102 valence electrons. The third kappa shape index (κ3) is 4.12. The fourth-order valence-corrected chi connectivity index (χ4v) is 2.03. The Morgan fingerprint density at radius 1 is 1.53 bits per heavy atom. The van der Waals surface area contributed by atoms with Crippen LogP contribution in [0, 0.1) is 21.9 Å². The van der Waals surface area contributed by atoms with Gasteiger partial charge in [0.2, 0.25) is 5.91 Å². The number of halogens is 2. The lowest BCUT2D eigenvalue weighted by atomic mass is 9.95. The van der Waals surface area contributed by atoms with E-state index < -0.39 is 11.2 Å². The van der Waals surface area contributed by atoms with Gasteiger partial charge in [-0.1, -0.05) is 38.4 Å². The van der Waals surface area contributed by atoms with E-state index in [0.717, 1.165) is 0 Å². The molecule has 1 amide bonds. The van der Waals surface area contributed by atoms with E-state index in [1.165, 1.54) is 12.1 Å². The highest BCUT2D eigenvalue weighted by Gasteiger charge is 2.21. The molecule has 0 atom stereocenters. The van der Waals surface area contributed by atoms with Gasteiger partial charge >= 0.3 is 0 Å². The number of nitrogens with zero attached hydrogens (tertiary/aromatic N) is 1. The minimum Gasteiger partial charge on any atom is -0.351 e. The molecule has 0 aliphatic rings. The first-order chi connectivity index (χ1) is 8.77. The van der Waals surface area contributed by atoms with Gasteiger partial charge in [-0.3, -0.25) is 4.79 Å². The number of amides is 1. The third-order valence-electron chi connectivity index (χ3n) is 2.40. The smallest absolute Gasteiger partial charge is 0.225 e. The van der Waals surface area contributed by atoms with Crippen molar-refractivity contribution >= 4 is 29.3 Å². The fourth-order valence-electron chi connectivity index (χ4n) is 1.29. The van der Waals surface area contributed by atoms with Crippen LogP contribution in [0.15, 0.2) is 17.0 Å². The van der Waals surface area contributed by atoms with Gasteiger partial charge in [0.1, 0.15) is 11.2 Å². The van der Waals surface area contributed by atoms with E-state index in [2.05, 4.69) is 5.32 Å². The van der Waals surface area contributed by atoms with Gasteiger partial charge in [-0.15, -0.1) is 0 Å². The highest BCUT2D eigenvalue weighted by molar-refractivity contribution is 8.03. The quantitative estimate of drug-likeness (QED) is 0.684. The monoisotopic (exact) mass is 300 g/mol. The number of nitrogens with one attached hydrogen (secondary N) is 1. The van der Waals surface area contributed by atoms with Crippen LogP contribution in [0.3, 0.4) is 0 Å². The Balaban J connectivity index is 2.89. The predicted octanol–water partition coefficient (Wildman–Crippen LogP) is 3.71. The van der Waals surface area contributed by atoms with Gasteiger partial charge in [0.15, 0.2) is 0 Å². The molecular weight excluding hydrogens is 287 g/mol. The van der Waals surface area contributed by atoms with Crippen LogP contribution in [0.4, 0.5) is 4.39 Å². The molecule has 0 aromatic heterocycles. The topological polar surface area (TPSA) is 52.9 Å². The molecule has 0 radical (unpaired) electrons. The van der Waals surface area contributed by atoms with Crippen molar-refractivity contribution in [1.29, 1.82) is 5.26 Å². The van der Waals surface area contributed by atoms with Crippen LogP contribution in [0.2, 0.25) is 5.02 Å². The lowest BCUT2D eigenvalue weighted by molar-refractivity contribution is -0.128. The summed E-state index contributed by atoms with van der Waals surface area (Å²) in [4.78, 5) is 11.8. The molecule has 3 nitrogen and oxygen atoms in total. The average molecular weight is 301 g/mol. The van der Waals surface area contributed by atoms with Crippen LogP contribution in [-0.2, 0) is 11.3 Å². The molecule has 0 unspecified atom stereocenters. The zero-order valence-electron chi connectivity index (χ0n) is 10.9. The number of carbonyl (C=O) groups excluding carboxylic acids is 1. The first-order valence-electron chi connectivity index (χ1n) is 5.58. The van der Waals surface area contributed by atoms with Gasteiger partial charge in [-0.2, -0.15) is 5.26 Å². The molecule has 6 heteroatoms. The molecule has 0 heterocycles. The molecule has 0 bridgehead atoms. The number of rotatable bonds is 3. The minimum atomic E-state index is -0.562. The van der Waals surface area contributed by atoms with E-state index in [1.807, 2.05) is 0 Å². The molecule has 0 saturated carbocycles. The largest absolute Gasteiger partial charge is 0.351 e. The van der Waals surface area contributed by atoms with Crippen LogP contribution >= 0.6 is 23.4 Å². The van der Waals surface area contributed by atoms with Crippen LogP contribution in [-0.4, -0.2) is 5.91 Å². The summed E-state index contributed by atoms with van der Waals surface area (Å²) in [5, 5.41) is 13.2. The summed E-state index contributed by atoms with van der Waals surface area (Å²) in [6.45, 7) is 5.39. The lowest BCUT2D eigenvalue weighted by Gasteiger charge is -2.18. The van der Waals surface area contributed by atoms with Crippen molar-refractivity contribution in [2.75, 3.05) is 0 Å². The van der Waals surface area contributed by atoms with Crippen molar-refractivity contribution in [3.63, 3.8) is 0 Å². The number of hydrogen-bond acceptors (Lipinski definition) is 3. The summed E-state index contributed by atoms with van der Waals surface area (Å²) in [7, 11) is 0. The molecule has 19 heavy (non-hydrogen) atoms. The van der Waals surface area contributed by atoms with Crippen LogP contribution < -0.4 is 5.32 Å². The van der Waals surface area contributed by atoms with Gasteiger partial charge in [0, 0.05) is 17.5 Å². The molecule has 1 aromatic carbocycles. The zero-order chi connectivity index (χ0) is 14.6. The van der Waals surface area contributed by atoms with E-state index >= 15 is 0 Å². The molecule has 1 rings (SSSR count). The average Bonchev–Trinajstić information content (AvgIpc) is 2.32. The maximum atomic E-state index is 14.1. The summed E-state index contributed by atoms with van der Waals surface area (Å²) < 4.78 is 14.1. The van der Waals surface area contributed by atoms with Crippen molar-refractivity contribution in [2.45, 2.75) is 32.2 Å². The SMILES string of the molecule is CC(C)(C)C(=O)NCc1ccc(Cl)c(SC#N)c1F. The Bertz CT molecular complexity index is 535. The van der Waals surface area contributed by atoms with E-state index in [1.54, 1.807) is 26.2 Å². The first kappa shape index (κ1) is 15.8. The highest BCUT2D eigenvalue weighted by Crippen LogP contribution is 2.31. The summed E-state index contributed by atoms with van der Waals surface area (Å²) in [6.07, 6.45) is 0. The third-order valence-corrected chi connectivity index (χ3v) is 3.52. The number of nitriles is 1. The summed E-state index contributed by atoms with van der Waals surface area (Å²) >= 11 is 6.48. The summed E-state index contributed by atoms with van der Waals surface area (Å²) in [6, 6.07) is 3.02. The lowest BCUT2D eigenvalue weighted by Crippen LogP contribution is -2.34. The van der Waals surface area contributed by atoms with Crippen molar-refractivity contribution in [1.82, 2.24) is 5.32 Å². The molecule has 0 aliphatic carbocycles. The van der Waals surface area contributed by atoms with Crippen molar-refractivity contribution < 1.29 is 9.18 Å². The summed E-state index contributed by atoms with van der Waals surface area (Å²) in [5.74, 6) is -0.732. The van der Waals surface area contributed by atoms with Crippen LogP contribution in [0.5, 0.6) is 0 Å². The predicted molar refractivity (Wildman–Crippen MR) is 74.2 cm³/mol. The maximum Gasteiger partial charge on any atom is 0.225 e. The Labute approximate surface area is 121 Å². The van der Waals surface area contributed by atoms with Crippen molar-refractivity contribution in [3.05, 3.63) is 28.5 Å². The van der Waals surface area contributed by atoms with E-state index in [0.29, 0.717) is 17.3 Å². The molecular formula is C13H14ClFN2OS. The van der Waals surface area contributed by atoms with Crippen LogP contribution in [0.25, 0.3) is 0 Å². The van der Waals surface area contributed by atoms with Crippen molar-refractivity contribution in [3.8, 4) is 5.40 Å². The Morgan fingerprint density at radius 3 is 2.68 bits per heavy atom. The first-order valence-corrected chi connectivity index (χ1v) is 6.78. The second-order valence-electron chi connectivity index (χ2n) is 4.98. The Hall–Kier alpha value is -1.25. The molecule has 0 saturated heterocycles. The van der Waals surface area contributed by atoms with Gasteiger partial charge in [0.05, 0.1) is 9.92 Å². The number of benzene rings is 1. The van der Waals surface area contributed by atoms with Gasteiger partial charge in [-0.25, -0.2) is 4.39 Å². The molecule has 1 aromatic rings. The number of carbonyl (C=O) groups is 1. The van der Waals surface area contributed by atoms with Gasteiger partial charge in [-0.05, 0) is 17.8 Å².